The van der Waals surface area contributed by atoms with Crippen LogP contribution < -0.4 is 18.9 Å². The Morgan fingerprint density at radius 1 is 0.769 bits per heavy atom. The van der Waals surface area contributed by atoms with Crippen LogP contribution >= 0.6 is 0 Å². The number of Topliss-reactive ketones (excluding diaryl/α,β-unsaturated/α-hetero) is 1. The van der Waals surface area contributed by atoms with E-state index in [4.69, 9.17) is 18.9 Å². The van der Waals surface area contributed by atoms with Crippen LogP contribution in [-0.2, 0) is 0 Å². The van der Waals surface area contributed by atoms with E-state index in [1.807, 2.05) is 0 Å². The Hall–Kier alpha value is -2.73. The maximum atomic E-state index is 12.7. The van der Waals surface area contributed by atoms with Gasteiger partial charge in [0.2, 0.25) is 0 Å². The summed E-state index contributed by atoms with van der Waals surface area (Å²) in [7, 11) is 0. The fraction of sp³-hybridized carbons (Fsp3) is 0.350. The molecule has 2 aliphatic rings. The third kappa shape index (κ3) is 3.32. The van der Waals surface area contributed by atoms with E-state index in [2.05, 4.69) is 0 Å². The summed E-state index contributed by atoms with van der Waals surface area (Å²) < 4.78 is 22.4. The van der Waals surface area contributed by atoms with Gasteiger partial charge in [-0.1, -0.05) is 6.07 Å². The van der Waals surface area contributed by atoms with Gasteiger partial charge in [-0.15, -0.1) is 0 Å². The molecule has 2 aromatic carbocycles. The molecule has 0 radical (unpaired) electrons. The van der Waals surface area contributed by atoms with Gasteiger partial charge < -0.3 is 24.1 Å². The molecule has 2 aromatic rings. The number of ketones is 1. The van der Waals surface area contributed by atoms with Crippen LogP contribution in [0.1, 0.15) is 34.9 Å². The monoisotopic (exact) mass is 356 g/mol. The number of carbonyl (C=O) groups is 1. The summed E-state index contributed by atoms with van der Waals surface area (Å²) in [6.07, 6.45) is 0.289. The van der Waals surface area contributed by atoms with Crippen molar-refractivity contribution in [2.75, 3.05) is 26.4 Å². The smallest absolute Gasteiger partial charge is 0.195 e. The average molecular weight is 356 g/mol. The molecule has 6 nitrogen and oxygen atoms in total. The van der Waals surface area contributed by atoms with Gasteiger partial charge in [0.05, 0.1) is 26.4 Å². The van der Waals surface area contributed by atoms with Crippen LogP contribution in [0.3, 0.4) is 0 Å². The van der Waals surface area contributed by atoms with Crippen molar-refractivity contribution in [2.45, 2.75) is 18.9 Å². The van der Waals surface area contributed by atoms with Crippen LogP contribution in [-0.4, -0.2) is 37.3 Å². The van der Waals surface area contributed by atoms with Gasteiger partial charge in [-0.3, -0.25) is 4.79 Å². The SMILES string of the molecule is O=C(c1ccc2c(c1)OCCCO2)[C@H](O)c1ccc2c(c1)OCCCO2. The standard InChI is InChI=1S/C20H20O6/c21-19(13-3-5-15-17(11-13)25-9-1-7-23-15)20(22)14-4-6-16-18(12-14)26-10-2-8-24-16/h3-6,11-12,19,21H,1-2,7-10H2/t19-/m1/s1. The summed E-state index contributed by atoms with van der Waals surface area (Å²) in [6.45, 7) is 2.25. The quantitative estimate of drug-likeness (QED) is 0.853. The molecule has 0 aliphatic carbocycles. The molecule has 0 fully saturated rings. The lowest BCUT2D eigenvalue weighted by molar-refractivity contribution is 0.0746. The van der Waals surface area contributed by atoms with Crippen molar-refractivity contribution in [2.24, 2.45) is 0 Å². The molecule has 0 saturated carbocycles. The molecule has 6 heteroatoms. The van der Waals surface area contributed by atoms with Gasteiger partial charge >= 0.3 is 0 Å². The van der Waals surface area contributed by atoms with Crippen molar-refractivity contribution in [1.82, 2.24) is 0 Å². The van der Waals surface area contributed by atoms with Crippen LogP contribution in [0.2, 0.25) is 0 Å². The molecule has 0 saturated heterocycles. The first-order valence-corrected chi connectivity index (χ1v) is 8.74. The van der Waals surface area contributed by atoms with Crippen molar-refractivity contribution in [1.29, 1.82) is 0 Å². The van der Waals surface area contributed by atoms with Crippen LogP contribution in [0.4, 0.5) is 0 Å². The molecule has 0 unspecified atom stereocenters. The van der Waals surface area contributed by atoms with Crippen molar-refractivity contribution < 1.29 is 28.8 Å². The van der Waals surface area contributed by atoms with E-state index in [0.717, 1.165) is 12.8 Å². The minimum Gasteiger partial charge on any atom is -0.490 e. The van der Waals surface area contributed by atoms with Crippen molar-refractivity contribution in [3.63, 3.8) is 0 Å². The lowest BCUT2D eigenvalue weighted by Gasteiger charge is -2.14. The summed E-state index contributed by atoms with van der Waals surface area (Å²) in [5.74, 6) is 1.91. The van der Waals surface area contributed by atoms with Crippen LogP contribution in [0.5, 0.6) is 23.0 Å². The summed E-state index contributed by atoms with van der Waals surface area (Å²) in [5.41, 5.74) is 0.834. The highest BCUT2D eigenvalue weighted by Gasteiger charge is 2.23. The zero-order valence-corrected chi connectivity index (χ0v) is 14.3. The molecule has 2 heterocycles. The summed E-state index contributed by atoms with van der Waals surface area (Å²) in [6, 6.07) is 10.0. The lowest BCUT2D eigenvalue weighted by Crippen LogP contribution is -2.13. The number of fused-ring (bicyclic) bond motifs is 2. The van der Waals surface area contributed by atoms with Crippen LogP contribution in [0, 0.1) is 0 Å². The highest BCUT2D eigenvalue weighted by Crippen LogP contribution is 2.35. The second-order valence-corrected chi connectivity index (χ2v) is 6.24. The Labute approximate surface area is 151 Å². The van der Waals surface area contributed by atoms with Gasteiger partial charge in [0, 0.05) is 18.4 Å². The highest BCUT2D eigenvalue weighted by atomic mass is 16.5. The maximum Gasteiger partial charge on any atom is 0.195 e. The van der Waals surface area contributed by atoms with Crippen molar-refractivity contribution >= 4 is 5.78 Å². The summed E-state index contributed by atoms with van der Waals surface area (Å²) >= 11 is 0. The molecule has 26 heavy (non-hydrogen) atoms. The largest absolute Gasteiger partial charge is 0.490 e. The minimum absolute atomic E-state index is 0.369. The molecule has 4 rings (SSSR count). The van der Waals surface area contributed by atoms with Crippen molar-refractivity contribution in [3.05, 3.63) is 47.5 Å². The number of benzene rings is 2. The normalized spacial score (nSPS) is 17.0. The van der Waals surface area contributed by atoms with Gasteiger partial charge in [-0.05, 0) is 35.9 Å². The second kappa shape index (κ2) is 7.25. The van der Waals surface area contributed by atoms with Crippen molar-refractivity contribution in [3.8, 4) is 23.0 Å². The zero-order chi connectivity index (χ0) is 17.9. The average Bonchev–Trinajstić information content (AvgIpc) is 3.05. The van der Waals surface area contributed by atoms with E-state index in [-0.39, 0.29) is 0 Å². The molecular formula is C20H20O6. The molecule has 1 N–H and O–H groups in total. The number of hydrogen-bond acceptors (Lipinski definition) is 6. The van der Waals surface area contributed by atoms with Crippen LogP contribution in [0.15, 0.2) is 36.4 Å². The van der Waals surface area contributed by atoms with Gasteiger partial charge in [0.1, 0.15) is 6.10 Å². The molecule has 0 aromatic heterocycles. The van der Waals surface area contributed by atoms with E-state index in [1.54, 1.807) is 36.4 Å². The fourth-order valence-corrected chi connectivity index (χ4v) is 2.98. The number of aliphatic hydroxyl groups is 1. The summed E-state index contributed by atoms with van der Waals surface area (Å²) in [5, 5.41) is 10.6. The van der Waals surface area contributed by atoms with Gasteiger partial charge in [-0.2, -0.15) is 0 Å². The molecule has 1 atom stereocenters. The molecule has 2 aliphatic heterocycles. The fourth-order valence-electron chi connectivity index (χ4n) is 2.98. The Morgan fingerprint density at radius 2 is 1.31 bits per heavy atom. The van der Waals surface area contributed by atoms with E-state index in [1.165, 1.54) is 0 Å². The number of carbonyl (C=O) groups excluding carboxylic acids is 1. The van der Waals surface area contributed by atoms with Crippen LogP contribution in [0.25, 0.3) is 0 Å². The molecule has 136 valence electrons. The Morgan fingerprint density at radius 3 is 1.96 bits per heavy atom. The first kappa shape index (κ1) is 16.7. The molecular weight excluding hydrogens is 336 g/mol. The first-order chi connectivity index (χ1) is 12.7. The predicted molar refractivity (Wildman–Crippen MR) is 93.4 cm³/mol. The van der Waals surface area contributed by atoms with E-state index < -0.39 is 11.9 Å². The minimum atomic E-state index is -1.29. The van der Waals surface area contributed by atoms with Gasteiger partial charge in [-0.25, -0.2) is 0 Å². The Balaban J connectivity index is 1.58. The summed E-state index contributed by atoms with van der Waals surface area (Å²) in [4.78, 5) is 12.7. The van der Waals surface area contributed by atoms with E-state index in [0.29, 0.717) is 60.6 Å². The van der Waals surface area contributed by atoms with Gasteiger partial charge in [0.15, 0.2) is 28.8 Å². The Kier molecular flexibility index (Phi) is 4.67. The molecule has 0 spiro atoms. The van der Waals surface area contributed by atoms with E-state index in [9.17, 15) is 9.90 Å². The third-order valence-corrected chi connectivity index (χ3v) is 4.37. The number of hydrogen-bond donors (Lipinski definition) is 1. The molecule has 0 bridgehead atoms. The number of aliphatic hydroxyl groups excluding tert-OH is 1. The predicted octanol–water partition coefficient (Wildman–Crippen LogP) is 2.93. The number of rotatable bonds is 3. The third-order valence-electron chi connectivity index (χ3n) is 4.37. The van der Waals surface area contributed by atoms with E-state index >= 15 is 0 Å². The molecule has 0 amide bonds. The Bertz CT molecular complexity index is 816. The maximum absolute atomic E-state index is 12.7. The first-order valence-electron chi connectivity index (χ1n) is 8.74. The second-order valence-electron chi connectivity index (χ2n) is 6.24. The number of ether oxygens (including phenoxy) is 4. The highest BCUT2D eigenvalue weighted by molar-refractivity contribution is 6.00. The topological polar surface area (TPSA) is 74.2 Å². The lowest BCUT2D eigenvalue weighted by atomic mass is 9.99. The van der Waals surface area contributed by atoms with Gasteiger partial charge in [0.25, 0.3) is 0 Å². The zero-order valence-electron chi connectivity index (χ0n) is 14.3.